The minimum Gasteiger partial charge on any atom is -0.470 e. The SMILES string of the molecule is CC(C)(C)OC(=O)N(C(=O)OC(C)(C)C)c1nc(OC(C)(C)C)c2nc(NC(=O)c3cccnc3)n([C@@H]3O[C@H](CO[Si](C)(C)C(C)(C)C)[C@@H](O[Si](C)(C)C(C)(C)C)[C@H]3O[Si](C)(C)C(C)(C)C)c2n1. The van der Waals surface area contributed by atoms with Crippen LogP contribution in [-0.2, 0) is 27.5 Å². The van der Waals surface area contributed by atoms with Crippen LogP contribution in [0.5, 0.6) is 5.88 Å². The number of ether oxygens (including phenoxy) is 4. The zero-order chi connectivity index (χ0) is 52.2. The van der Waals surface area contributed by atoms with Crippen molar-refractivity contribution in [2.75, 3.05) is 16.8 Å². The van der Waals surface area contributed by atoms with Crippen molar-refractivity contribution in [3.05, 3.63) is 30.1 Å². The number of carbonyl (C=O) groups is 3. The van der Waals surface area contributed by atoms with Gasteiger partial charge in [0.25, 0.3) is 5.91 Å². The highest BCUT2D eigenvalue weighted by atomic mass is 28.4. The average Bonchev–Trinajstić information content (AvgIpc) is 3.63. The molecule has 3 aromatic rings. The Morgan fingerprint density at radius 1 is 0.691 bits per heavy atom. The number of fused-ring (bicyclic) bond motifs is 1. The summed E-state index contributed by atoms with van der Waals surface area (Å²) in [5, 5.41) is 2.40. The highest BCUT2D eigenvalue weighted by Gasteiger charge is 2.56. The fourth-order valence-electron chi connectivity index (χ4n) is 6.11. The van der Waals surface area contributed by atoms with Crippen molar-refractivity contribution in [3.63, 3.8) is 0 Å². The molecular weight excluding hydrogens is 919 g/mol. The molecule has 0 unspecified atom stereocenters. The molecule has 4 heterocycles. The lowest BCUT2D eigenvalue weighted by molar-refractivity contribution is -0.0460. The highest BCUT2D eigenvalue weighted by Crippen LogP contribution is 2.48. The van der Waals surface area contributed by atoms with Crippen molar-refractivity contribution in [2.45, 2.75) is 220 Å². The predicted octanol–water partition coefficient (Wildman–Crippen LogP) is 12.0. The molecule has 0 radical (unpaired) electrons. The van der Waals surface area contributed by atoms with E-state index < -0.39 is 90.3 Å². The molecule has 20 heteroatoms. The number of anilines is 2. The van der Waals surface area contributed by atoms with E-state index in [2.05, 4.69) is 112 Å². The number of hydrogen-bond donors (Lipinski definition) is 1. The molecule has 1 N–H and O–H groups in total. The molecule has 0 aromatic carbocycles. The Kier molecular flexibility index (Phi) is 16.2. The Bertz CT molecular complexity index is 2250. The standard InChI is InChI=1S/C48H83N7O10Si3/c1-43(2,3)61-37-32-35(51-40(53-37)55(41(57)62-44(4,5)6)42(58)63-45(7,8)9)54(39(50-32)52-36(56)30-26-25-27-49-28-30)38-34(65-68(23,24)48(16,17)18)33(64-67(21,22)47(13,14)15)31(60-38)29-59-66(19,20)46(10,11)12/h25-28,31,33-34,38H,29H2,1-24H3,(H,50,52,56)/t31-,33-,34-,38-/m1/s1. The second-order valence-corrected chi connectivity index (χ2v) is 39.7. The molecule has 0 saturated carbocycles. The van der Waals surface area contributed by atoms with E-state index in [1.165, 1.54) is 6.20 Å². The summed E-state index contributed by atoms with van der Waals surface area (Å²) in [7, 11) is -7.70. The molecule has 3 aromatic heterocycles. The summed E-state index contributed by atoms with van der Waals surface area (Å²) in [6.45, 7) is 48.4. The van der Waals surface area contributed by atoms with E-state index in [9.17, 15) is 14.4 Å². The Balaban J connectivity index is 2.22. The zero-order valence-electron chi connectivity index (χ0n) is 45.6. The van der Waals surface area contributed by atoms with Gasteiger partial charge < -0.3 is 32.2 Å². The van der Waals surface area contributed by atoms with Crippen molar-refractivity contribution >= 4 is 66.1 Å². The molecule has 4 rings (SSSR count). The molecule has 0 aliphatic carbocycles. The number of hydrogen-bond acceptors (Lipinski definition) is 14. The van der Waals surface area contributed by atoms with Crippen molar-refractivity contribution < 1.29 is 46.6 Å². The lowest BCUT2D eigenvalue weighted by atomic mass is 10.1. The number of nitrogens with one attached hydrogen (secondary N) is 1. The van der Waals surface area contributed by atoms with E-state index in [1.807, 2.05) is 20.8 Å². The quantitative estimate of drug-likeness (QED) is 0.169. The minimum absolute atomic E-state index is 0.00831. The first-order valence-corrected chi connectivity index (χ1v) is 32.3. The highest BCUT2D eigenvalue weighted by molar-refractivity contribution is 6.75. The van der Waals surface area contributed by atoms with Crippen LogP contribution in [0, 0.1) is 0 Å². The minimum atomic E-state index is -2.72. The Labute approximate surface area is 408 Å². The number of amides is 3. The molecule has 1 fully saturated rings. The van der Waals surface area contributed by atoms with Gasteiger partial charge >= 0.3 is 12.2 Å². The number of nitrogens with zero attached hydrogens (tertiary/aromatic N) is 6. The Morgan fingerprint density at radius 2 is 1.19 bits per heavy atom. The summed E-state index contributed by atoms with van der Waals surface area (Å²) in [6, 6.07) is 3.29. The van der Waals surface area contributed by atoms with Gasteiger partial charge in [0.05, 0.1) is 12.2 Å². The monoisotopic (exact) mass is 1000 g/mol. The maximum absolute atomic E-state index is 14.3. The van der Waals surface area contributed by atoms with Crippen LogP contribution in [0.1, 0.15) is 141 Å². The summed E-state index contributed by atoms with van der Waals surface area (Å²) in [5.41, 5.74) is -2.58. The van der Waals surface area contributed by atoms with E-state index in [0.717, 1.165) is 0 Å². The summed E-state index contributed by atoms with van der Waals surface area (Å²) in [4.78, 5) is 62.2. The molecule has 17 nitrogen and oxygen atoms in total. The largest absolute Gasteiger partial charge is 0.470 e. The molecule has 68 heavy (non-hydrogen) atoms. The third kappa shape index (κ3) is 13.7. The summed E-state index contributed by atoms with van der Waals surface area (Å²) >= 11 is 0. The Hall–Kier alpha value is -3.80. The van der Waals surface area contributed by atoms with Crippen LogP contribution < -0.4 is 15.0 Å². The van der Waals surface area contributed by atoms with E-state index in [1.54, 1.807) is 64.4 Å². The first-order valence-electron chi connectivity index (χ1n) is 23.6. The smallest absolute Gasteiger partial charge is 0.427 e. The van der Waals surface area contributed by atoms with Gasteiger partial charge in [-0.1, -0.05) is 62.3 Å². The van der Waals surface area contributed by atoms with Gasteiger partial charge in [-0.05, 0) is 129 Å². The van der Waals surface area contributed by atoms with Crippen LogP contribution in [0.25, 0.3) is 11.2 Å². The number of carbonyl (C=O) groups excluding carboxylic acids is 3. The summed E-state index contributed by atoms with van der Waals surface area (Å²) in [6.07, 6.45) is -2.50. The second-order valence-electron chi connectivity index (χ2n) is 25.3. The lowest BCUT2D eigenvalue weighted by Crippen LogP contribution is -2.54. The van der Waals surface area contributed by atoms with Crippen LogP contribution in [0.3, 0.4) is 0 Å². The van der Waals surface area contributed by atoms with E-state index in [4.69, 9.17) is 47.2 Å². The maximum atomic E-state index is 14.3. The van der Waals surface area contributed by atoms with Gasteiger partial charge in [0.15, 0.2) is 42.3 Å². The van der Waals surface area contributed by atoms with Crippen LogP contribution in [0.4, 0.5) is 21.5 Å². The number of pyridine rings is 1. The van der Waals surface area contributed by atoms with Gasteiger partial charge in [-0.2, -0.15) is 9.97 Å². The van der Waals surface area contributed by atoms with E-state index >= 15 is 0 Å². The van der Waals surface area contributed by atoms with Gasteiger partial charge in [-0.25, -0.2) is 14.6 Å². The first-order chi connectivity index (χ1) is 30.5. The van der Waals surface area contributed by atoms with Gasteiger partial charge in [0, 0.05) is 12.4 Å². The van der Waals surface area contributed by atoms with Crippen molar-refractivity contribution in [2.24, 2.45) is 0 Å². The third-order valence-corrected chi connectivity index (χ3v) is 26.3. The van der Waals surface area contributed by atoms with Gasteiger partial charge in [-0.3, -0.25) is 19.7 Å². The molecule has 0 spiro atoms. The molecular formula is C48H83N7O10Si3. The number of imidazole rings is 1. The maximum Gasteiger partial charge on any atom is 0.427 e. The number of aromatic nitrogens is 5. The Morgan fingerprint density at radius 3 is 1.63 bits per heavy atom. The van der Waals surface area contributed by atoms with Gasteiger partial charge in [-0.15, -0.1) is 4.90 Å². The fourth-order valence-corrected chi connectivity index (χ4v) is 9.73. The molecule has 1 aliphatic rings. The topological polar surface area (TPSA) is 188 Å². The van der Waals surface area contributed by atoms with Crippen LogP contribution in [-0.4, -0.2) is 109 Å². The van der Waals surface area contributed by atoms with Crippen molar-refractivity contribution in [3.8, 4) is 5.88 Å². The summed E-state index contributed by atoms with van der Waals surface area (Å²) in [5.74, 6) is -1.07. The van der Waals surface area contributed by atoms with Crippen LogP contribution in [0.15, 0.2) is 24.5 Å². The molecule has 4 atom stereocenters. The second kappa shape index (κ2) is 19.4. The number of imide groups is 1. The van der Waals surface area contributed by atoms with Crippen LogP contribution in [0.2, 0.25) is 54.4 Å². The van der Waals surface area contributed by atoms with E-state index in [-0.39, 0.29) is 50.3 Å². The lowest BCUT2D eigenvalue weighted by Gasteiger charge is -2.44. The predicted molar refractivity (Wildman–Crippen MR) is 274 cm³/mol. The summed E-state index contributed by atoms with van der Waals surface area (Å²) < 4.78 is 49.0. The molecule has 1 saturated heterocycles. The first kappa shape index (κ1) is 56.8. The van der Waals surface area contributed by atoms with Gasteiger partial charge in [0.2, 0.25) is 17.8 Å². The zero-order valence-corrected chi connectivity index (χ0v) is 48.6. The average molecular weight is 1000 g/mol. The van der Waals surface area contributed by atoms with Gasteiger partial charge in [0.1, 0.15) is 35.1 Å². The molecule has 0 bridgehead atoms. The molecule has 382 valence electrons. The third-order valence-electron chi connectivity index (χ3n) is 12.8. The van der Waals surface area contributed by atoms with Crippen molar-refractivity contribution in [1.82, 2.24) is 24.5 Å². The van der Waals surface area contributed by atoms with Crippen LogP contribution >= 0.6 is 0 Å². The fraction of sp³-hybridized carbons (Fsp3) is 0.729. The number of rotatable bonds is 12. The normalized spacial score (nSPS) is 19.2. The van der Waals surface area contributed by atoms with E-state index in [0.29, 0.717) is 4.90 Å². The van der Waals surface area contributed by atoms with Crippen molar-refractivity contribution in [1.29, 1.82) is 0 Å². The molecule has 3 amide bonds. The molecule has 1 aliphatic heterocycles.